The van der Waals surface area contributed by atoms with Gasteiger partial charge in [-0.05, 0) is 20.3 Å². The lowest BCUT2D eigenvalue weighted by Gasteiger charge is -2.20. The van der Waals surface area contributed by atoms with E-state index in [2.05, 4.69) is 0 Å². The van der Waals surface area contributed by atoms with Crippen LogP contribution in [0, 0.1) is 0 Å². The summed E-state index contributed by atoms with van der Waals surface area (Å²) in [5.41, 5.74) is 5.31. The highest BCUT2D eigenvalue weighted by Crippen LogP contribution is 2.08. The minimum absolute atomic E-state index is 0.189. The monoisotopic (exact) mass is 202 g/mol. The molecule has 0 radical (unpaired) electrons. The van der Waals surface area contributed by atoms with Crippen LogP contribution in [0.15, 0.2) is 0 Å². The molecule has 5 heteroatoms. The average Bonchev–Trinajstić information content (AvgIpc) is 1.97. The van der Waals surface area contributed by atoms with Crippen LogP contribution in [-0.2, 0) is 9.59 Å². The molecule has 82 valence electrons. The standard InChI is InChI=1S/C9H18N2O3/c1-9(2,10)5-4-7(12)11(3)6-8(13)14/h4-6,10H2,1-3H3,(H,13,14). The molecule has 0 fully saturated rings. The number of carboxylic acids is 1. The second-order valence-electron chi connectivity index (χ2n) is 4.13. The Morgan fingerprint density at radius 1 is 1.43 bits per heavy atom. The molecular weight excluding hydrogens is 184 g/mol. The fourth-order valence-corrected chi connectivity index (χ4v) is 0.911. The van der Waals surface area contributed by atoms with Crippen LogP contribution in [0.2, 0.25) is 0 Å². The molecule has 0 heterocycles. The Bertz CT molecular complexity index is 221. The molecule has 0 spiro atoms. The quantitative estimate of drug-likeness (QED) is 0.659. The summed E-state index contributed by atoms with van der Waals surface area (Å²) in [5, 5.41) is 8.44. The second kappa shape index (κ2) is 4.95. The van der Waals surface area contributed by atoms with Gasteiger partial charge in [0, 0.05) is 19.0 Å². The molecule has 14 heavy (non-hydrogen) atoms. The molecule has 3 N–H and O–H groups in total. The molecule has 0 aromatic carbocycles. The average molecular weight is 202 g/mol. The van der Waals surface area contributed by atoms with Gasteiger partial charge in [-0.3, -0.25) is 9.59 Å². The van der Waals surface area contributed by atoms with E-state index in [1.54, 1.807) is 0 Å². The van der Waals surface area contributed by atoms with E-state index in [0.29, 0.717) is 6.42 Å². The van der Waals surface area contributed by atoms with Crippen molar-refractivity contribution in [1.82, 2.24) is 4.90 Å². The van der Waals surface area contributed by atoms with Crippen molar-refractivity contribution in [3.05, 3.63) is 0 Å². The van der Waals surface area contributed by atoms with Crippen LogP contribution in [-0.4, -0.2) is 41.0 Å². The number of carbonyl (C=O) groups is 2. The van der Waals surface area contributed by atoms with Gasteiger partial charge in [0.15, 0.2) is 0 Å². The van der Waals surface area contributed by atoms with E-state index in [1.165, 1.54) is 11.9 Å². The van der Waals surface area contributed by atoms with Crippen molar-refractivity contribution in [1.29, 1.82) is 0 Å². The fourth-order valence-electron chi connectivity index (χ4n) is 0.911. The summed E-state index contributed by atoms with van der Waals surface area (Å²) in [6.45, 7) is 3.40. The zero-order valence-corrected chi connectivity index (χ0v) is 8.91. The SMILES string of the molecule is CN(CC(=O)O)C(=O)CCC(C)(C)N. The highest BCUT2D eigenvalue weighted by atomic mass is 16.4. The van der Waals surface area contributed by atoms with Gasteiger partial charge in [-0.2, -0.15) is 0 Å². The molecule has 0 bridgehead atoms. The number of likely N-dealkylation sites (N-methyl/N-ethyl adjacent to an activating group) is 1. The maximum Gasteiger partial charge on any atom is 0.323 e. The maximum atomic E-state index is 11.3. The number of aliphatic carboxylic acids is 1. The lowest BCUT2D eigenvalue weighted by Crippen LogP contribution is -2.36. The number of nitrogens with two attached hydrogens (primary N) is 1. The normalized spacial score (nSPS) is 11.1. The van der Waals surface area contributed by atoms with Crippen LogP contribution in [0.5, 0.6) is 0 Å². The number of carbonyl (C=O) groups excluding carboxylic acids is 1. The number of amides is 1. The second-order valence-corrected chi connectivity index (χ2v) is 4.13. The lowest BCUT2D eigenvalue weighted by molar-refractivity contribution is -0.143. The van der Waals surface area contributed by atoms with E-state index < -0.39 is 5.97 Å². The summed E-state index contributed by atoms with van der Waals surface area (Å²) < 4.78 is 0. The summed E-state index contributed by atoms with van der Waals surface area (Å²) in [6.07, 6.45) is 0.836. The van der Waals surface area contributed by atoms with Crippen LogP contribution < -0.4 is 5.73 Å². The van der Waals surface area contributed by atoms with Gasteiger partial charge in [0.1, 0.15) is 6.54 Å². The van der Waals surface area contributed by atoms with Crippen molar-refractivity contribution >= 4 is 11.9 Å². The van der Waals surface area contributed by atoms with Gasteiger partial charge >= 0.3 is 5.97 Å². The molecule has 1 amide bonds. The van der Waals surface area contributed by atoms with E-state index in [4.69, 9.17) is 10.8 Å². The van der Waals surface area contributed by atoms with Crippen molar-refractivity contribution < 1.29 is 14.7 Å². The number of hydrogen-bond donors (Lipinski definition) is 2. The van der Waals surface area contributed by atoms with E-state index in [-0.39, 0.29) is 24.4 Å². The Morgan fingerprint density at radius 3 is 2.29 bits per heavy atom. The third-order valence-electron chi connectivity index (χ3n) is 1.78. The summed E-state index contributed by atoms with van der Waals surface area (Å²) >= 11 is 0. The van der Waals surface area contributed by atoms with Crippen molar-refractivity contribution in [3.8, 4) is 0 Å². The van der Waals surface area contributed by atoms with Gasteiger partial charge in [-0.15, -0.1) is 0 Å². The predicted molar refractivity (Wildman–Crippen MR) is 52.8 cm³/mol. The molecule has 0 aromatic rings. The Balaban J connectivity index is 3.91. The van der Waals surface area contributed by atoms with Crippen LogP contribution >= 0.6 is 0 Å². The van der Waals surface area contributed by atoms with Crippen molar-refractivity contribution in [2.75, 3.05) is 13.6 Å². The van der Waals surface area contributed by atoms with Gasteiger partial charge in [0.05, 0.1) is 0 Å². The maximum absolute atomic E-state index is 11.3. The number of nitrogens with zero attached hydrogens (tertiary/aromatic N) is 1. The number of hydrogen-bond acceptors (Lipinski definition) is 3. The number of carboxylic acid groups (broad SMARTS) is 1. The summed E-state index contributed by atoms with van der Waals surface area (Å²) in [7, 11) is 1.47. The minimum Gasteiger partial charge on any atom is -0.480 e. The molecule has 0 saturated heterocycles. The van der Waals surface area contributed by atoms with Crippen molar-refractivity contribution in [2.24, 2.45) is 5.73 Å². The molecule has 0 aliphatic carbocycles. The highest BCUT2D eigenvalue weighted by molar-refractivity contribution is 5.81. The molecule has 0 aliphatic heterocycles. The highest BCUT2D eigenvalue weighted by Gasteiger charge is 2.16. The van der Waals surface area contributed by atoms with Crippen LogP contribution in [0.3, 0.4) is 0 Å². The van der Waals surface area contributed by atoms with Gasteiger partial charge in [0.25, 0.3) is 0 Å². The van der Waals surface area contributed by atoms with E-state index in [0.717, 1.165) is 0 Å². The van der Waals surface area contributed by atoms with Gasteiger partial charge in [-0.1, -0.05) is 0 Å². The van der Waals surface area contributed by atoms with E-state index >= 15 is 0 Å². The fraction of sp³-hybridized carbons (Fsp3) is 0.778. The van der Waals surface area contributed by atoms with Gasteiger partial charge < -0.3 is 15.7 Å². The molecule has 0 rings (SSSR count). The van der Waals surface area contributed by atoms with E-state index in [9.17, 15) is 9.59 Å². The molecular formula is C9H18N2O3. The largest absolute Gasteiger partial charge is 0.480 e. The molecule has 0 saturated carbocycles. The Kier molecular flexibility index (Phi) is 4.56. The molecule has 0 aliphatic rings. The molecule has 0 aromatic heterocycles. The van der Waals surface area contributed by atoms with Crippen molar-refractivity contribution in [2.45, 2.75) is 32.2 Å². The first-order valence-corrected chi connectivity index (χ1v) is 4.47. The zero-order valence-electron chi connectivity index (χ0n) is 8.91. The predicted octanol–water partition coefficient (Wildman–Crippen LogP) is 0.0469. The van der Waals surface area contributed by atoms with E-state index in [1.807, 2.05) is 13.8 Å². The first kappa shape index (κ1) is 12.9. The van der Waals surface area contributed by atoms with Crippen LogP contribution in [0.1, 0.15) is 26.7 Å². The Morgan fingerprint density at radius 2 is 1.93 bits per heavy atom. The molecule has 0 atom stereocenters. The smallest absolute Gasteiger partial charge is 0.323 e. The van der Waals surface area contributed by atoms with Crippen LogP contribution in [0.4, 0.5) is 0 Å². The zero-order chi connectivity index (χ0) is 11.4. The Hall–Kier alpha value is -1.10. The molecule has 0 unspecified atom stereocenters. The third-order valence-corrected chi connectivity index (χ3v) is 1.78. The Labute approximate surface area is 83.9 Å². The first-order valence-electron chi connectivity index (χ1n) is 4.47. The van der Waals surface area contributed by atoms with Crippen LogP contribution in [0.25, 0.3) is 0 Å². The number of rotatable bonds is 5. The lowest BCUT2D eigenvalue weighted by atomic mass is 10.00. The first-order chi connectivity index (χ1) is 6.22. The molecule has 5 nitrogen and oxygen atoms in total. The third kappa shape index (κ3) is 6.42. The minimum atomic E-state index is -1.01. The van der Waals surface area contributed by atoms with Gasteiger partial charge in [-0.25, -0.2) is 0 Å². The summed E-state index contributed by atoms with van der Waals surface area (Å²) in [6, 6.07) is 0. The summed E-state index contributed by atoms with van der Waals surface area (Å²) in [4.78, 5) is 22.8. The van der Waals surface area contributed by atoms with Gasteiger partial charge in [0.2, 0.25) is 5.91 Å². The van der Waals surface area contributed by atoms with Crippen molar-refractivity contribution in [3.63, 3.8) is 0 Å². The summed E-state index contributed by atoms with van der Waals surface area (Å²) in [5.74, 6) is -1.20. The topological polar surface area (TPSA) is 83.6 Å².